The summed E-state index contributed by atoms with van der Waals surface area (Å²) in [6.07, 6.45) is -0.471. The summed E-state index contributed by atoms with van der Waals surface area (Å²) in [5.74, 6) is -0.360. The van der Waals surface area contributed by atoms with E-state index >= 15 is 0 Å². The number of nitriles is 1. The maximum absolute atomic E-state index is 12.9. The molecule has 6 heteroatoms. The molecule has 0 bridgehead atoms. The highest BCUT2D eigenvalue weighted by Gasteiger charge is 2.43. The van der Waals surface area contributed by atoms with Crippen LogP contribution in [0.3, 0.4) is 0 Å². The molecule has 0 aromatic heterocycles. The van der Waals surface area contributed by atoms with Crippen molar-refractivity contribution in [2.24, 2.45) is 0 Å². The van der Waals surface area contributed by atoms with Crippen LogP contribution in [0, 0.1) is 11.3 Å². The predicted octanol–water partition coefficient (Wildman–Crippen LogP) is 3.34. The number of carbonyl (C=O) groups is 2. The van der Waals surface area contributed by atoms with Gasteiger partial charge in [0.1, 0.15) is 6.04 Å². The second kappa shape index (κ2) is 6.43. The number of nitrogens with zero attached hydrogens (tertiary/aromatic N) is 2. The third-order valence-electron chi connectivity index (χ3n) is 4.24. The van der Waals surface area contributed by atoms with Crippen molar-refractivity contribution >= 4 is 28.4 Å². The van der Waals surface area contributed by atoms with Gasteiger partial charge in [-0.15, -0.1) is 0 Å². The molecule has 0 saturated carbocycles. The molecule has 2 atom stereocenters. The summed E-state index contributed by atoms with van der Waals surface area (Å²) in [5, 5.41) is 13.4. The van der Waals surface area contributed by atoms with Gasteiger partial charge in [0, 0.05) is 10.8 Å². The molecule has 2 aromatic carbocycles. The van der Waals surface area contributed by atoms with Gasteiger partial charge in [-0.05, 0) is 39.8 Å². The number of imide groups is 1. The van der Waals surface area contributed by atoms with E-state index in [0.29, 0.717) is 22.0 Å². The third-order valence-corrected chi connectivity index (χ3v) is 4.24. The Hall–Kier alpha value is -2.91. The lowest BCUT2D eigenvalue weighted by Gasteiger charge is -2.27. The average molecular weight is 351 g/mol. The highest BCUT2D eigenvalue weighted by atomic mass is 16.5. The summed E-state index contributed by atoms with van der Waals surface area (Å²) >= 11 is 0. The number of hydrogen-bond donors (Lipinski definition) is 1. The van der Waals surface area contributed by atoms with E-state index in [-0.39, 0.29) is 5.91 Å². The van der Waals surface area contributed by atoms with Gasteiger partial charge >= 0.3 is 6.03 Å². The molecule has 0 radical (unpaired) electrons. The van der Waals surface area contributed by atoms with Crippen LogP contribution in [-0.2, 0) is 9.53 Å². The fourth-order valence-electron chi connectivity index (χ4n) is 3.25. The fourth-order valence-corrected chi connectivity index (χ4v) is 3.25. The molecule has 0 spiro atoms. The van der Waals surface area contributed by atoms with Crippen molar-refractivity contribution in [1.29, 1.82) is 5.26 Å². The molecular formula is C20H21N3O3. The van der Waals surface area contributed by atoms with Gasteiger partial charge in [0.25, 0.3) is 5.91 Å². The van der Waals surface area contributed by atoms with Crippen molar-refractivity contribution in [2.45, 2.75) is 45.4 Å². The number of amides is 3. The van der Waals surface area contributed by atoms with Crippen LogP contribution in [0.15, 0.2) is 36.4 Å². The summed E-state index contributed by atoms with van der Waals surface area (Å²) in [6, 6.07) is 11.4. The van der Waals surface area contributed by atoms with Crippen LogP contribution in [0.1, 0.15) is 33.3 Å². The minimum atomic E-state index is -0.754. The van der Waals surface area contributed by atoms with E-state index < -0.39 is 23.8 Å². The maximum Gasteiger partial charge on any atom is 0.329 e. The molecule has 2 aromatic rings. The van der Waals surface area contributed by atoms with Crippen molar-refractivity contribution < 1.29 is 14.3 Å². The molecule has 6 nitrogen and oxygen atoms in total. The SMILES string of the molecule is CC(OC(C)(C)C)C1NC(=O)N(c2ccc(C#N)c3ccccc23)C1=O. The normalized spacial score (nSPS) is 18.7. The Bertz CT molecular complexity index is 924. The van der Waals surface area contributed by atoms with Crippen molar-refractivity contribution in [3.05, 3.63) is 42.0 Å². The van der Waals surface area contributed by atoms with Gasteiger partial charge in [-0.2, -0.15) is 5.26 Å². The Morgan fingerprint density at radius 1 is 1.15 bits per heavy atom. The van der Waals surface area contributed by atoms with Crippen LogP contribution >= 0.6 is 0 Å². The second-order valence-electron chi connectivity index (χ2n) is 7.33. The molecular weight excluding hydrogens is 330 g/mol. The van der Waals surface area contributed by atoms with E-state index in [0.717, 1.165) is 4.90 Å². The molecule has 134 valence electrons. The first-order valence-electron chi connectivity index (χ1n) is 8.47. The monoisotopic (exact) mass is 351 g/mol. The first-order chi connectivity index (χ1) is 12.2. The Morgan fingerprint density at radius 3 is 2.42 bits per heavy atom. The van der Waals surface area contributed by atoms with E-state index in [1.807, 2.05) is 32.9 Å². The largest absolute Gasteiger partial charge is 0.370 e. The van der Waals surface area contributed by atoms with Crippen molar-refractivity contribution in [2.75, 3.05) is 4.90 Å². The lowest BCUT2D eigenvalue weighted by Crippen LogP contribution is -2.44. The number of hydrogen-bond acceptors (Lipinski definition) is 4. The van der Waals surface area contributed by atoms with Gasteiger partial charge in [0.2, 0.25) is 0 Å². The van der Waals surface area contributed by atoms with Gasteiger partial charge in [-0.25, -0.2) is 9.69 Å². The summed E-state index contributed by atoms with van der Waals surface area (Å²) in [4.78, 5) is 26.6. The standard InChI is InChI=1S/C20H21N3O3/c1-12(26-20(2,3)4)17-18(24)23(19(25)22-17)16-10-9-13(11-21)14-7-5-6-8-15(14)16/h5-10,12,17H,1-4H3,(H,22,25). The van der Waals surface area contributed by atoms with Crippen LogP contribution in [0.5, 0.6) is 0 Å². The third kappa shape index (κ3) is 3.14. The zero-order chi connectivity index (χ0) is 19.1. The number of rotatable bonds is 3. The Labute approximate surface area is 152 Å². The van der Waals surface area contributed by atoms with Crippen LogP contribution in [0.25, 0.3) is 10.8 Å². The molecule has 2 unspecified atom stereocenters. The van der Waals surface area contributed by atoms with E-state index in [9.17, 15) is 14.9 Å². The molecule has 3 amide bonds. The molecule has 26 heavy (non-hydrogen) atoms. The zero-order valence-electron chi connectivity index (χ0n) is 15.2. The zero-order valence-corrected chi connectivity index (χ0v) is 15.2. The molecule has 3 rings (SSSR count). The Balaban J connectivity index is 2.01. The first-order valence-corrected chi connectivity index (χ1v) is 8.47. The highest BCUT2D eigenvalue weighted by Crippen LogP contribution is 2.32. The Kier molecular flexibility index (Phi) is 4.43. The molecule has 1 fully saturated rings. The number of nitrogens with one attached hydrogen (secondary N) is 1. The lowest BCUT2D eigenvalue weighted by molar-refractivity contribution is -0.125. The number of anilines is 1. The molecule has 1 heterocycles. The summed E-state index contributed by atoms with van der Waals surface area (Å²) in [6.45, 7) is 7.47. The van der Waals surface area contributed by atoms with E-state index in [1.54, 1.807) is 31.2 Å². The highest BCUT2D eigenvalue weighted by molar-refractivity contribution is 6.24. The van der Waals surface area contributed by atoms with Crippen LogP contribution < -0.4 is 10.2 Å². The van der Waals surface area contributed by atoms with Gasteiger partial charge in [-0.3, -0.25) is 4.79 Å². The average Bonchev–Trinajstić information content (AvgIpc) is 2.87. The summed E-state index contributed by atoms with van der Waals surface area (Å²) < 4.78 is 5.84. The van der Waals surface area contributed by atoms with Gasteiger partial charge < -0.3 is 10.1 Å². The van der Waals surface area contributed by atoms with Crippen molar-refractivity contribution in [3.8, 4) is 6.07 Å². The quantitative estimate of drug-likeness (QED) is 0.860. The van der Waals surface area contributed by atoms with E-state index in [1.165, 1.54) is 0 Å². The Morgan fingerprint density at radius 2 is 1.81 bits per heavy atom. The van der Waals surface area contributed by atoms with Crippen LogP contribution in [-0.4, -0.2) is 29.7 Å². The number of benzene rings is 2. The minimum Gasteiger partial charge on any atom is -0.370 e. The summed E-state index contributed by atoms with van der Waals surface area (Å²) in [5.41, 5.74) is 0.531. The van der Waals surface area contributed by atoms with Gasteiger partial charge in [0.05, 0.1) is 29.0 Å². The smallest absolute Gasteiger partial charge is 0.329 e. The predicted molar refractivity (Wildman–Crippen MR) is 98.8 cm³/mol. The van der Waals surface area contributed by atoms with Gasteiger partial charge in [0.15, 0.2) is 0 Å². The van der Waals surface area contributed by atoms with Crippen LogP contribution in [0.4, 0.5) is 10.5 Å². The molecule has 1 saturated heterocycles. The van der Waals surface area contributed by atoms with Gasteiger partial charge in [-0.1, -0.05) is 24.3 Å². The van der Waals surface area contributed by atoms with Crippen molar-refractivity contribution in [3.63, 3.8) is 0 Å². The number of fused-ring (bicyclic) bond motifs is 1. The number of urea groups is 1. The summed E-state index contributed by atoms with van der Waals surface area (Å²) in [7, 11) is 0. The van der Waals surface area contributed by atoms with Crippen molar-refractivity contribution in [1.82, 2.24) is 5.32 Å². The van der Waals surface area contributed by atoms with Crippen LogP contribution in [0.2, 0.25) is 0 Å². The fraction of sp³-hybridized carbons (Fsp3) is 0.350. The minimum absolute atomic E-state index is 0.360. The maximum atomic E-state index is 12.9. The molecule has 1 N–H and O–H groups in total. The van der Waals surface area contributed by atoms with E-state index in [4.69, 9.17) is 4.74 Å². The number of carbonyl (C=O) groups excluding carboxylic acids is 2. The topological polar surface area (TPSA) is 82.4 Å². The first kappa shape index (κ1) is 17.9. The second-order valence-corrected chi connectivity index (χ2v) is 7.33. The number of ether oxygens (including phenoxy) is 1. The molecule has 1 aliphatic heterocycles. The van der Waals surface area contributed by atoms with E-state index in [2.05, 4.69) is 11.4 Å². The lowest BCUT2D eigenvalue weighted by atomic mass is 10.0. The molecule has 0 aliphatic carbocycles. The molecule has 1 aliphatic rings.